The average molecular weight is 516 g/mol. The Morgan fingerprint density at radius 3 is 2.42 bits per heavy atom. The highest BCUT2D eigenvalue weighted by molar-refractivity contribution is 7.92. The number of nitrogens with zero attached hydrogens (tertiary/aromatic N) is 2. The van der Waals surface area contributed by atoms with Crippen LogP contribution < -0.4 is 19.1 Å². The number of amides is 2. The van der Waals surface area contributed by atoms with Crippen LogP contribution in [0, 0.1) is 0 Å². The van der Waals surface area contributed by atoms with E-state index in [0.717, 1.165) is 41.8 Å². The molecule has 0 aromatic heterocycles. The van der Waals surface area contributed by atoms with Gasteiger partial charge in [0.1, 0.15) is 12.6 Å². The minimum Gasteiger partial charge on any atom is -0.454 e. The van der Waals surface area contributed by atoms with E-state index in [0.29, 0.717) is 11.5 Å². The number of rotatable bonds is 9. The summed E-state index contributed by atoms with van der Waals surface area (Å²) in [6.07, 6.45) is 6.22. The third-order valence-electron chi connectivity index (χ3n) is 6.64. The number of anilines is 1. The second kappa shape index (κ2) is 11.2. The van der Waals surface area contributed by atoms with Crippen LogP contribution in [0.15, 0.2) is 48.5 Å². The molecular formula is C26H33N3O6S. The van der Waals surface area contributed by atoms with Crippen molar-refractivity contribution in [2.45, 2.75) is 57.7 Å². The fraction of sp³-hybridized carbons (Fsp3) is 0.462. The predicted octanol–water partition coefficient (Wildman–Crippen LogP) is 3.05. The molecule has 1 saturated carbocycles. The molecule has 1 atom stereocenters. The van der Waals surface area contributed by atoms with Crippen LogP contribution >= 0.6 is 0 Å². The summed E-state index contributed by atoms with van der Waals surface area (Å²) in [5.74, 6) is 0.209. The molecule has 2 aromatic carbocycles. The molecule has 1 aliphatic heterocycles. The number of fused-ring (bicyclic) bond motifs is 1. The molecule has 2 aliphatic rings. The van der Waals surface area contributed by atoms with Crippen LogP contribution in [-0.4, -0.2) is 56.8 Å². The minimum atomic E-state index is -3.82. The third kappa shape index (κ3) is 6.29. The molecule has 1 aliphatic carbocycles. The maximum absolute atomic E-state index is 13.6. The Morgan fingerprint density at radius 1 is 1.03 bits per heavy atom. The number of nitrogens with one attached hydrogen (secondary N) is 1. The third-order valence-corrected chi connectivity index (χ3v) is 7.78. The fourth-order valence-electron chi connectivity index (χ4n) is 4.59. The van der Waals surface area contributed by atoms with Gasteiger partial charge in [-0.15, -0.1) is 0 Å². The van der Waals surface area contributed by atoms with Crippen LogP contribution in [0.5, 0.6) is 11.5 Å². The molecular weight excluding hydrogens is 482 g/mol. The predicted molar refractivity (Wildman–Crippen MR) is 136 cm³/mol. The van der Waals surface area contributed by atoms with Crippen molar-refractivity contribution < 1.29 is 27.5 Å². The van der Waals surface area contributed by atoms with Gasteiger partial charge in [-0.05, 0) is 37.5 Å². The van der Waals surface area contributed by atoms with Crippen molar-refractivity contribution in [3.8, 4) is 11.5 Å². The second-order valence-electron chi connectivity index (χ2n) is 9.33. The fourth-order valence-corrected chi connectivity index (χ4v) is 5.43. The van der Waals surface area contributed by atoms with E-state index in [1.54, 1.807) is 19.1 Å². The van der Waals surface area contributed by atoms with Crippen molar-refractivity contribution in [1.29, 1.82) is 0 Å². The summed E-state index contributed by atoms with van der Waals surface area (Å²) in [5, 5.41) is 3.09. The summed E-state index contributed by atoms with van der Waals surface area (Å²) in [5.41, 5.74) is 1.13. The van der Waals surface area contributed by atoms with Crippen LogP contribution in [0.25, 0.3) is 0 Å². The number of carbonyl (C=O) groups is 2. The first-order chi connectivity index (χ1) is 17.2. The summed E-state index contributed by atoms with van der Waals surface area (Å²) in [7, 11) is -3.82. The molecule has 2 aromatic rings. The SMILES string of the molecule is CC(C(=O)NC1CCCCC1)N(Cc1ccccc1)C(=O)CN(c1ccc2c(c1)OCO2)S(C)(=O)=O. The molecule has 1 N–H and O–H groups in total. The zero-order valence-electron chi connectivity index (χ0n) is 20.7. The Balaban J connectivity index is 1.57. The molecule has 0 radical (unpaired) electrons. The number of hydrogen-bond donors (Lipinski definition) is 1. The molecule has 10 heteroatoms. The van der Waals surface area contributed by atoms with E-state index in [1.807, 2.05) is 30.3 Å². The van der Waals surface area contributed by atoms with E-state index in [9.17, 15) is 18.0 Å². The largest absolute Gasteiger partial charge is 0.454 e. The number of sulfonamides is 1. The smallest absolute Gasteiger partial charge is 0.244 e. The van der Waals surface area contributed by atoms with Crippen LogP contribution in [0.3, 0.4) is 0 Å². The Labute approximate surface area is 212 Å². The number of carbonyl (C=O) groups excluding carboxylic acids is 2. The first-order valence-corrected chi connectivity index (χ1v) is 14.1. The summed E-state index contributed by atoms with van der Waals surface area (Å²) < 4.78 is 37.2. The lowest BCUT2D eigenvalue weighted by Gasteiger charge is -2.33. The van der Waals surface area contributed by atoms with Gasteiger partial charge in [-0.1, -0.05) is 49.6 Å². The number of benzene rings is 2. The summed E-state index contributed by atoms with van der Waals surface area (Å²) >= 11 is 0. The lowest BCUT2D eigenvalue weighted by molar-refractivity contribution is -0.139. The van der Waals surface area contributed by atoms with Crippen LogP contribution in [0.4, 0.5) is 5.69 Å². The lowest BCUT2D eigenvalue weighted by atomic mass is 9.95. The van der Waals surface area contributed by atoms with Gasteiger partial charge in [0.05, 0.1) is 11.9 Å². The summed E-state index contributed by atoms with van der Waals surface area (Å²) in [6.45, 7) is 1.46. The molecule has 0 spiro atoms. The molecule has 0 saturated heterocycles. The van der Waals surface area contributed by atoms with Gasteiger partial charge in [-0.3, -0.25) is 13.9 Å². The quantitative estimate of drug-likeness (QED) is 0.550. The Kier molecular flexibility index (Phi) is 8.03. The molecule has 194 valence electrons. The van der Waals surface area contributed by atoms with Crippen LogP contribution in [0.2, 0.25) is 0 Å². The minimum absolute atomic E-state index is 0.0507. The highest BCUT2D eigenvalue weighted by Crippen LogP contribution is 2.36. The molecule has 4 rings (SSSR count). The Morgan fingerprint density at radius 2 is 1.72 bits per heavy atom. The van der Waals surface area contributed by atoms with Gasteiger partial charge in [0.15, 0.2) is 11.5 Å². The van der Waals surface area contributed by atoms with E-state index in [2.05, 4.69) is 5.32 Å². The van der Waals surface area contributed by atoms with Crippen molar-refractivity contribution in [2.24, 2.45) is 0 Å². The second-order valence-corrected chi connectivity index (χ2v) is 11.2. The van der Waals surface area contributed by atoms with Gasteiger partial charge < -0.3 is 19.7 Å². The first-order valence-electron chi connectivity index (χ1n) is 12.2. The number of hydrogen-bond acceptors (Lipinski definition) is 6. The van der Waals surface area contributed by atoms with Crippen molar-refractivity contribution in [2.75, 3.05) is 23.9 Å². The Bertz CT molecular complexity index is 1180. The van der Waals surface area contributed by atoms with Crippen molar-refractivity contribution in [3.63, 3.8) is 0 Å². The zero-order valence-corrected chi connectivity index (χ0v) is 21.5. The van der Waals surface area contributed by atoms with Crippen LogP contribution in [-0.2, 0) is 26.2 Å². The van der Waals surface area contributed by atoms with E-state index < -0.39 is 28.5 Å². The number of ether oxygens (including phenoxy) is 2. The molecule has 1 heterocycles. The van der Waals surface area contributed by atoms with E-state index in [4.69, 9.17) is 9.47 Å². The van der Waals surface area contributed by atoms with Crippen LogP contribution in [0.1, 0.15) is 44.6 Å². The molecule has 2 amide bonds. The van der Waals surface area contributed by atoms with Gasteiger partial charge in [-0.2, -0.15) is 0 Å². The first kappa shape index (κ1) is 25.8. The highest BCUT2D eigenvalue weighted by Gasteiger charge is 2.31. The van der Waals surface area contributed by atoms with E-state index in [-0.39, 0.29) is 31.0 Å². The van der Waals surface area contributed by atoms with Crippen molar-refractivity contribution >= 4 is 27.5 Å². The molecule has 1 unspecified atom stereocenters. The van der Waals surface area contributed by atoms with E-state index in [1.165, 1.54) is 17.4 Å². The molecule has 1 fully saturated rings. The lowest BCUT2D eigenvalue weighted by Crippen LogP contribution is -2.52. The zero-order chi connectivity index (χ0) is 25.7. The van der Waals surface area contributed by atoms with Crippen molar-refractivity contribution in [3.05, 3.63) is 54.1 Å². The molecule has 36 heavy (non-hydrogen) atoms. The monoisotopic (exact) mass is 515 g/mol. The van der Waals surface area contributed by atoms with Gasteiger partial charge in [-0.25, -0.2) is 8.42 Å². The maximum atomic E-state index is 13.6. The normalized spacial score (nSPS) is 16.3. The standard InChI is InChI=1S/C26H33N3O6S/c1-19(26(31)27-21-11-7-4-8-12-21)28(16-20-9-5-3-6-10-20)25(30)17-29(36(2,32)33)22-13-14-23-24(15-22)35-18-34-23/h3,5-6,9-10,13-15,19,21H,4,7-8,11-12,16-18H2,1-2H3,(H,27,31). The van der Waals surface area contributed by atoms with E-state index >= 15 is 0 Å². The topological polar surface area (TPSA) is 105 Å². The van der Waals surface area contributed by atoms with Crippen molar-refractivity contribution in [1.82, 2.24) is 10.2 Å². The average Bonchev–Trinajstić information content (AvgIpc) is 3.34. The van der Waals surface area contributed by atoms with Gasteiger partial charge in [0.2, 0.25) is 28.6 Å². The molecule has 9 nitrogen and oxygen atoms in total. The highest BCUT2D eigenvalue weighted by atomic mass is 32.2. The maximum Gasteiger partial charge on any atom is 0.244 e. The summed E-state index contributed by atoms with van der Waals surface area (Å²) in [4.78, 5) is 28.2. The van der Waals surface area contributed by atoms with Gasteiger partial charge in [0.25, 0.3) is 0 Å². The summed E-state index contributed by atoms with van der Waals surface area (Å²) in [6, 6.07) is 13.4. The van der Waals surface area contributed by atoms with Gasteiger partial charge >= 0.3 is 0 Å². The molecule has 0 bridgehead atoms. The van der Waals surface area contributed by atoms with Gasteiger partial charge in [0, 0.05) is 18.7 Å². The Hall–Kier alpha value is -3.27.